The quantitative estimate of drug-likeness (QED) is 0.655. The second-order valence-electron chi connectivity index (χ2n) is 6.77. The molecule has 26 heavy (non-hydrogen) atoms. The molecule has 2 amide bonds. The number of nitrogens with zero attached hydrogens (tertiary/aromatic N) is 2. The number of morpholine rings is 1. The van der Waals surface area contributed by atoms with Crippen LogP contribution in [0, 0.1) is 11.8 Å². The van der Waals surface area contributed by atoms with Crippen LogP contribution in [0.25, 0.3) is 0 Å². The van der Waals surface area contributed by atoms with Crippen LogP contribution in [0.3, 0.4) is 0 Å². The van der Waals surface area contributed by atoms with E-state index >= 15 is 0 Å². The maximum absolute atomic E-state index is 12.7. The first kappa shape index (κ1) is 16.8. The first-order valence-corrected chi connectivity index (χ1v) is 8.81. The molecule has 1 aromatic rings. The van der Waals surface area contributed by atoms with Gasteiger partial charge in [0.2, 0.25) is 11.8 Å². The number of amides is 2. The van der Waals surface area contributed by atoms with Crippen molar-refractivity contribution in [3.63, 3.8) is 0 Å². The minimum absolute atomic E-state index is 0.0954. The highest BCUT2D eigenvalue weighted by atomic mass is 16.5. The number of carbonyl (C=O) groups excluding carboxylic acids is 2. The molecule has 2 fully saturated rings. The average molecular weight is 356 g/mol. The molecular formula is C19H20N2O5. The number of anilines is 2. The lowest BCUT2D eigenvalue weighted by atomic mass is 9.85. The van der Waals surface area contributed by atoms with E-state index in [1.54, 1.807) is 12.1 Å². The van der Waals surface area contributed by atoms with Gasteiger partial charge in [-0.3, -0.25) is 14.5 Å². The van der Waals surface area contributed by atoms with E-state index in [9.17, 15) is 19.5 Å². The van der Waals surface area contributed by atoms with Crippen LogP contribution in [-0.4, -0.2) is 49.2 Å². The summed E-state index contributed by atoms with van der Waals surface area (Å²) < 4.78 is 5.32. The van der Waals surface area contributed by atoms with Crippen LogP contribution in [0.15, 0.2) is 30.4 Å². The van der Waals surface area contributed by atoms with Crippen molar-refractivity contribution in [2.24, 2.45) is 11.8 Å². The van der Waals surface area contributed by atoms with Crippen LogP contribution in [-0.2, 0) is 14.3 Å². The minimum atomic E-state index is -1.08. The van der Waals surface area contributed by atoms with E-state index < -0.39 is 5.97 Å². The van der Waals surface area contributed by atoms with Gasteiger partial charge < -0.3 is 14.7 Å². The molecule has 4 rings (SSSR count). The molecule has 2 saturated heterocycles. The topological polar surface area (TPSA) is 87.2 Å². The lowest BCUT2D eigenvalue weighted by molar-refractivity contribution is -0.122. The molecule has 1 N–H and O–H groups in total. The van der Waals surface area contributed by atoms with E-state index in [2.05, 4.69) is 0 Å². The molecule has 1 aliphatic carbocycles. The number of ether oxygens (including phenoxy) is 1. The Labute approximate surface area is 150 Å². The predicted molar refractivity (Wildman–Crippen MR) is 94.3 cm³/mol. The normalized spacial score (nSPS) is 25.5. The van der Waals surface area contributed by atoms with Gasteiger partial charge in [-0.1, -0.05) is 12.2 Å². The van der Waals surface area contributed by atoms with Gasteiger partial charge in [-0.25, -0.2) is 4.79 Å². The van der Waals surface area contributed by atoms with Gasteiger partial charge in [0.15, 0.2) is 0 Å². The van der Waals surface area contributed by atoms with Crippen LogP contribution in [0.5, 0.6) is 0 Å². The summed E-state index contributed by atoms with van der Waals surface area (Å²) in [6.45, 7) is 2.30. The van der Waals surface area contributed by atoms with Gasteiger partial charge in [0, 0.05) is 13.1 Å². The molecule has 7 nitrogen and oxygen atoms in total. The molecular weight excluding hydrogens is 336 g/mol. The highest BCUT2D eigenvalue weighted by Crippen LogP contribution is 2.38. The SMILES string of the molecule is O=C(O)c1cc(N2C(=O)[C@H]3CC=CC[C@@H]3C2=O)ccc1N1CCOCC1. The fourth-order valence-electron chi connectivity index (χ4n) is 3.97. The van der Waals surface area contributed by atoms with Crippen molar-refractivity contribution >= 4 is 29.2 Å². The largest absolute Gasteiger partial charge is 0.478 e. The van der Waals surface area contributed by atoms with Gasteiger partial charge in [0.05, 0.1) is 42.0 Å². The molecule has 2 atom stereocenters. The summed E-state index contributed by atoms with van der Waals surface area (Å²) in [5, 5.41) is 9.65. The molecule has 7 heteroatoms. The number of fused-ring (bicyclic) bond motifs is 1. The van der Waals surface area contributed by atoms with E-state index in [0.29, 0.717) is 50.5 Å². The number of carboxylic acids is 1. The second-order valence-corrected chi connectivity index (χ2v) is 6.77. The fourth-order valence-corrected chi connectivity index (χ4v) is 3.97. The van der Waals surface area contributed by atoms with Crippen LogP contribution in [0.2, 0.25) is 0 Å². The summed E-state index contributed by atoms with van der Waals surface area (Å²) >= 11 is 0. The average Bonchev–Trinajstić information content (AvgIpc) is 2.93. The standard InChI is InChI=1S/C19H20N2O5/c22-17-13-3-1-2-4-14(13)18(23)21(17)12-5-6-16(15(11-12)19(24)25)20-7-9-26-10-8-20/h1-2,5-6,11,13-14H,3-4,7-10H2,(H,24,25)/t13-,14-/m0/s1. The van der Waals surface area contributed by atoms with Gasteiger partial charge in [0.25, 0.3) is 0 Å². The Morgan fingerprint density at radius 3 is 2.23 bits per heavy atom. The first-order valence-electron chi connectivity index (χ1n) is 8.81. The van der Waals surface area contributed by atoms with E-state index in [1.807, 2.05) is 17.1 Å². The zero-order valence-corrected chi connectivity index (χ0v) is 14.3. The maximum Gasteiger partial charge on any atom is 0.337 e. The van der Waals surface area contributed by atoms with Gasteiger partial charge in [0.1, 0.15) is 0 Å². The number of carboxylic acid groups (broad SMARTS) is 1. The van der Waals surface area contributed by atoms with Crippen molar-refractivity contribution in [3.8, 4) is 0 Å². The monoisotopic (exact) mass is 356 g/mol. The number of carbonyl (C=O) groups is 3. The predicted octanol–water partition coefficient (Wildman–Crippen LogP) is 1.68. The number of allylic oxidation sites excluding steroid dienone is 2. The van der Waals surface area contributed by atoms with Crippen molar-refractivity contribution < 1.29 is 24.2 Å². The van der Waals surface area contributed by atoms with Crippen molar-refractivity contribution in [1.29, 1.82) is 0 Å². The summed E-state index contributed by atoms with van der Waals surface area (Å²) in [6.07, 6.45) is 4.98. The summed E-state index contributed by atoms with van der Waals surface area (Å²) in [5.74, 6) is -2.22. The van der Waals surface area contributed by atoms with Crippen molar-refractivity contribution in [3.05, 3.63) is 35.9 Å². The van der Waals surface area contributed by atoms with Gasteiger partial charge in [-0.15, -0.1) is 0 Å². The smallest absolute Gasteiger partial charge is 0.337 e. The third-order valence-corrected chi connectivity index (χ3v) is 5.33. The van der Waals surface area contributed by atoms with E-state index in [1.165, 1.54) is 6.07 Å². The van der Waals surface area contributed by atoms with Crippen LogP contribution < -0.4 is 9.80 Å². The molecule has 1 aromatic carbocycles. The summed E-state index contributed by atoms with van der Waals surface area (Å²) in [6, 6.07) is 4.79. The molecule has 0 unspecified atom stereocenters. The number of imide groups is 1. The summed E-state index contributed by atoms with van der Waals surface area (Å²) in [7, 11) is 0. The molecule has 0 radical (unpaired) electrons. The van der Waals surface area contributed by atoms with Gasteiger partial charge in [-0.2, -0.15) is 0 Å². The fraction of sp³-hybridized carbons (Fsp3) is 0.421. The van der Waals surface area contributed by atoms with Gasteiger partial charge in [-0.05, 0) is 31.0 Å². The highest BCUT2D eigenvalue weighted by Gasteiger charge is 2.48. The number of aromatic carboxylic acids is 1. The van der Waals surface area contributed by atoms with Crippen LogP contribution in [0.1, 0.15) is 23.2 Å². The molecule has 0 saturated carbocycles. The maximum atomic E-state index is 12.7. The molecule has 136 valence electrons. The van der Waals surface area contributed by atoms with E-state index in [-0.39, 0.29) is 29.2 Å². The number of benzene rings is 1. The molecule has 0 bridgehead atoms. The molecule has 0 spiro atoms. The molecule has 2 aliphatic heterocycles. The summed E-state index contributed by atoms with van der Waals surface area (Å²) in [5.41, 5.74) is 1.02. The molecule has 0 aromatic heterocycles. The molecule has 3 aliphatic rings. The zero-order chi connectivity index (χ0) is 18.3. The molecule has 2 heterocycles. The third kappa shape index (κ3) is 2.68. The minimum Gasteiger partial charge on any atom is -0.478 e. The first-order chi connectivity index (χ1) is 12.6. The van der Waals surface area contributed by atoms with Gasteiger partial charge >= 0.3 is 5.97 Å². The Balaban J connectivity index is 1.69. The van der Waals surface area contributed by atoms with Crippen molar-refractivity contribution in [2.75, 3.05) is 36.1 Å². The Kier molecular flexibility index (Phi) is 4.24. The van der Waals surface area contributed by atoms with E-state index in [4.69, 9.17) is 4.74 Å². The van der Waals surface area contributed by atoms with Crippen LogP contribution in [0.4, 0.5) is 11.4 Å². The van der Waals surface area contributed by atoms with Crippen molar-refractivity contribution in [2.45, 2.75) is 12.8 Å². The highest BCUT2D eigenvalue weighted by molar-refractivity contribution is 6.22. The number of hydrogen-bond donors (Lipinski definition) is 1. The lowest BCUT2D eigenvalue weighted by Crippen LogP contribution is -2.37. The van der Waals surface area contributed by atoms with Crippen LogP contribution >= 0.6 is 0 Å². The summed E-state index contributed by atoms with van der Waals surface area (Å²) in [4.78, 5) is 40.3. The Hall–Kier alpha value is -2.67. The zero-order valence-electron chi connectivity index (χ0n) is 14.3. The Bertz CT molecular complexity index is 771. The Morgan fingerprint density at radius 1 is 1.04 bits per heavy atom. The van der Waals surface area contributed by atoms with Crippen molar-refractivity contribution in [1.82, 2.24) is 0 Å². The number of hydrogen-bond acceptors (Lipinski definition) is 5. The number of rotatable bonds is 3. The third-order valence-electron chi connectivity index (χ3n) is 5.33. The van der Waals surface area contributed by atoms with E-state index in [0.717, 1.165) is 4.90 Å². The second kappa shape index (κ2) is 6.57. The lowest BCUT2D eigenvalue weighted by Gasteiger charge is -2.30. The Morgan fingerprint density at radius 2 is 1.65 bits per heavy atom.